The molecule has 0 aliphatic rings. The number of carboxylic acids is 1. The van der Waals surface area contributed by atoms with Crippen LogP contribution >= 0.6 is 0 Å². The van der Waals surface area contributed by atoms with Gasteiger partial charge in [0.2, 0.25) is 0 Å². The van der Waals surface area contributed by atoms with Gasteiger partial charge in [-0.1, -0.05) is 0 Å². The van der Waals surface area contributed by atoms with Gasteiger partial charge in [0.05, 0.1) is 12.0 Å². The van der Waals surface area contributed by atoms with Gasteiger partial charge >= 0.3 is 12.1 Å². The molecule has 0 unspecified atom stereocenters. The Kier molecular flexibility index (Phi) is 3.28. The molecule has 82 valence electrons. The average molecular weight is 219 g/mol. The third-order valence-corrected chi connectivity index (χ3v) is 1.74. The minimum atomic E-state index is -4.42. The second-order valence-corrected chi connectivity index (χ2v) is 2.93. The van der Waals surface area contributed by atoms with Crippen LogP contribution in [0.25, 0.3) is 0 Å². The molecular weight excluding hydrogens is 211 g/mol. The molecule has 1 rings (SSSR count). The number of hydrogen-bond donors (Lipinski definition) is 1. The summed E-state index contributed by atoms with van der Waals surface area (Å²) in [5, 5.41) is 8.35. The number of aliphatic carboxylic acids is 1. The number of alkyl halides is 3. The highest BCUT2D eigenvalue weighted by molar-refractivity contribution is 5.66. The van der Waals surface area contributed by atoms with Gasteiger partial charge in [-0.05, 0) is 12.1 Å². The zero-order chi connectivity index (χ0) is 11.5. The highest BCUT2D eigenvalue weighted by Crippen LogP contribution is 2.29. The summed E-state index contributed by atoms with van der Waals surface area (Å²) < 4.78 is 36.7. The molecule has 0 aromatic carbocycles. The van der Waals surface area contributed by atoms with Crippen LogP contribution in [-0.4, -0.2) is 16.1 Å². The van der Waals surface area contributed by atoms with Gasteiger partial charge < -0.3 is 5.11 Å². The molecule has 6 heteroatoms. The summed E-state index contributed by atoms with van der Waals surface area (Å²) in [6.45, 7) is 0. The molecule has 3 nitrogen and oxygen atoms in total. The number of rotatable bonds is 3. The van der Waals surface area contributed by atoms with Crippen LogP contribution in [0.5, 0.6) is 0 Å². The van der Waals surface area contributed by atoms with Gasteiger partial charge in [0, 0.05) is 18.3 Å². The topological polar surface area (TPSA) is 50.2 Å². The smallest absolute Gasteiger partial charge is 0.416 e. The van der Waals surface area contributed by atoms with Crippen LogP contribution in [0.1, 0.15) is 17.7 Å². The van der Waals surface area contributed by atoms with Crippen LogP contribution in [0, 0.1) is 0 Å². The van der Waals surface area contributed by atoms with Gasteiger partial charge in [0.25, 0.3) is 0 Å². The van der Waals surface area contributed by atoms with E-state index < -0.39 is 17.7 Å². The lowest BCUT2D eigenvalue weighted by atomic mass is 10.1. The van der Waals surface area contributed by atoms with Crippen LogP contribution in [0.4, 0.5) is 13.2 Å². The summed E-state index contributed by atoms with van der Waals surface area (Å²) in [4.78, 5) is 13.9. The Hall–Kier alpha value is -1.59. The summed E-state index contributed by atoms with van der Waals surface area (Å²) in [5.74, 6) is -1.06. The molecule has 0 saturated carbocycles. The molecule has 1 aromatic rings. The van der Waals surface area contributed by atoms with E-state index in [1.165, 1.54) is 0 Å². The van der Waals surface area contributed by atoms with Crippen molar-refractivity contribution in [1.82, 2.24) is 4.98 Å². The first-order chi connectivity index (χ1) is 6.89. The molecule has 15 heavy (non-hydrogen) atoms. The van der Waals surface area contributed by atoms with E-state index in [2.05, 4.69) is 4.98 Å². The third-order valence-electron chi connectivity index (χ3n) is 1.74. The van der Waals surface area contributed by atoms with E-state index in [0.29, 0.717) is 0 Å². The molecular formula is C9H8F3NO2. The fourth-order valence-corrected chi connectivity index (χ4v) is 1.03. The standard InChI is InChI=1S/C9H8F3NO2/c10-9(11,12)6-3-4-13-7(5-6)1-2-8(14)15/h3-5H,1-2H2,(H,14,15). The molecule has 0 bridgehead atoms. The Morgan fingerprint density at radius 3 is 2.67 bits per heavy atom. The van der Waals surface area contributed by atoms with Gasteiger partial charge in [-0.25, -0.2) is 0 Å². The first-order valence-electron chi connectivity index (χ1n) is 4.13. The van der Waals surface area contributed by atoms with Crippen molar-refractivity contribution in [2.75, 3.05) is 0 Å². The SMILES string of the molecule is O=C(O)CCc1cc(C(F)(F)F)ccn1. The Balaban J connectivity index is 2.79. The quantitative estimate of drug-likeness (QED) is 0.847. The summed E-state index contributed by atoms with van der Waals surface area (Å²) in [6.07, 6.45) is -3.62. The molecule has 0 amide bonds. The molecule has 1 heterocycles. The van der Waals surface area contributed by atoms with Crippen molar-refractivity contribution in [3.05, 3.63) is 29.6 Å². The van der Waals surface area contributed by atoms with Crippen molar-refractivity contribution < 1.29 is 23.1 Å². The Morgan fingerprint density at radius 1 is 1.47 bits per heavy atom. The van der Waals surface area contributed by atoms with E-state index in [0.717, 1.165) is 18.3 Å². The molecule has 0 spiro atoms. The predicted octanol–water partition coefficient (Wildman–Crippen LogP) is 2.12. The summed E-state index contributed by atoms with van der Waals surface area (Å²) >= 11 is 0. The van der Waals surface area contributed by atoms with Crippen molar-refractivity contribution in [2.45, 2.75) is 19.0 Å². The monoisotopic (exact) mass is 219 g/mol. The second kappa shape index (κ2) is 4.29. The van der Waals surface area contributed by atoms with E-state index in [4.69, 9.17) is 5.11 Å². The lowest BCUT2D eigenvalue weighted by molar-refractivity contribution is -0.137. The highest BCUT2D eigenvalue weighted by atomic mass is 19.4. The summed E-state index contributed by atoms with van der Waals surface area (Å²) in [5.41, 5.74) is -0.676. The number of carboxylic acid groups (broad SMARTS) is 1. The Labute approximate surface area is 83.6 Å². The third kappa shape index (κ3) is 3.57. The number of hydrogen-bond acceptors (Lipinski definition) is 2. The molecule has 1 N–H and O–H groups in total. The van der Waals surface area contributed by atoms with Crippen molar-refractivity contribution in [2.24, 2.45) is 0 Å². The molecule has 0 aliphatic heterocycles. The van der Waals surface area contributed by atoms with E-state index in [9.17, 15) is 18.0 Å². The maximum atomic E-state index is 12.2. The van der Waals surface area contributed by atoms with Crippen molar-refractivity contribution in [3.8, 4) is 0 Å². The lowest BCUT2D eigenvalue weighted by Crippen LogP contribution is -2.07. The minimum absolute atomic E-state index is 0.000741. The molecule has 0 atom stereocenters. The maximum absolute atomic E-state index is 12.2. The zero-order valence-electron chi connectivity index (χ0n) is 7.58. The van der Waals surface area contributed by atoms with E-state index in [-0.39, 0.29) is 18.5 Å². The van der Waals surface area contributed by atoms with E-state index >= 15 is 0 Å². The van der Waals surface area contributed by atoms with Gasteiger partial charge in [-0.2, -0.15) is 13.2 Å². The largest absolute Gasteiger partial charge is 0.481 e. The predicted molar refractivity (Wildman–Crippen MR) is 45.2 cm³/mol. The fraction of sp³-hybridized carbons (Fsp3) is 0.333. The van der Waals surface area contributed by atoms with Crippen LogP contribution in [0.2, 0.25) is 0 Å². The Bertz CT molecular complexity index is 363. The van der Waals surface area contributed by atoms with Gasteiger partial charge in [0.1, 0.15) is 0 Å². The fourth-order valence-electron chi connectivity index (χ4n) is 1.03. The minimum Gasteiger partial charge on any atom is -0.481 e. The maximum Gasteiger partial charge on any atom is 0.416 e. The number of aryl methyl sites for hydroxylation is 1. The van der Waals surface area contributed by atoms with Crippen LogP contribution in [-0.2, 0) is 17.4 Å². The molecule has 1 aromatic heterocycles. The van der Waals surface area contributed by atoms with E-state index in [1.54, 1.807) is 0 Å². The van der Waals surface area contributed by atoms with Crippen LogP contribution in [0.3, 0.4) is 0 Å². The highest BCUT2D eigenvalue weighted by Gasteiger charge is 2.30. The van der Waals surface area contributed by atoms with Crippen LogP contribution < -0.4 is 0 Å². The summed E-state index contributed by atoms with van der Waals surface area (Å²) in [6, 6.07) is 1.72. The van der Waals surface area contributed by atoms with Crippen molar-refractivity contribution in [3.63, 3.8) is 0 Å². The second-order valence-electron chi connectivity index (χ2n) is 2.93. The van der Waals surface area contributed by atoms with Crippen molar-refractivity contribution >= 4 is 5.97 Å². The lowest BCUT2D eigenvalue weighted by Gasteiger charge is -2.07. The number of halogens is 3. The first-order valence-corrected chi connectivity index (χ1v) is 4.13. The number of aromatic nitrogens is 1. The molecule has 0 fully saturated rings. The zero-order valence-corrected chi connectivity index (χ0v) is 7.58. The number of pyridine rings is 1. The summed E-state index contributed by atoms with van der Waals surface area (Å²) in [7, 11) is 0. The molecule has 0 radical (unpaired) electrons. The average Bonchev–Trinajstić information content (AvgIpc) is 2.14. The molecule has 0 aliphatic carbocycles. The van der Waals surface area contributed by atoms with Crippen molar-refractivity contribution in [1.29, 1.82) is 0 Å². The van der Waals surface area contributed by atoms with Crippen LogP contribution in [0.15, 0.2) is 18.3 Å². The molecule has 0 saturated heterocycles. The normalized spacial score (nSPS) is 11.4. The van der Waals surface area contributed by atoms with Gasteiger partial charge in [-0.3, -0.25) is 9.78 Å². The van der Waals surface area contributed by atoms with Gasteiger partial charge in [-0.15, -0.1) is 0 Å². The number of nitrogens with zero attached hydrogens (tertiary/aromatic N) is 1. The van der Waals surface area contributed by atoms with Gasteiger partial charge in [0.15, 0.2) is 0 Å². The number of carbonyl (C=O) groups is 1. The Morgan fingerprint density at radius 2 is 2.13 bits per heavy atom. The first kappa shape index (κ1) is 11.5. The van der Waals surface area contributed by atoms with E-state index in [1.807, 2.05) is 0 Å².